The van der Waals surface area contributed by atoms with Gasteiger partial charge in [-0.05, 0) is 35.9 Å². The number of Topliss-reactive ketones (excluding diaryl/α,β-unsaturated/α-hetero) is 1. The Kier molecular flexibility index (Phi) is 5.22. The molecule has 1 aromatic carbocycles. The fourth-order valence-electron chi connectivity index (χ4n) is 3.36. The van der Waals surface area contributed by atoms with E-state index in [1.807, 2.05) is 6.07 Å². The number of amides is 1. The van der Waals surface area contributed by atoms with E-state index in [-0.39, 0.29) is 17.9 Å². The highest BCUT2D eigenvalue weighted by Crippen LogP contribution is 2.39. The molecule has 3 heterocycles. The zero-order valence-electron chi connectivity index (χ0n) is 15.2. The third kappa shape index (κ3) is 3.69. The largest absolute Gasteiger partial charge is 0.507 e. The van der Waals surface area contributed by atoms with Crippen LogP contribution in [0.5, 0.6) is 0 Å². The third-order valence-electron chi connectivity index (χ3n) is 4.72. The van der Waals surface area contributed by atoms with Crippen molar-refractivity contribution < 1.29 is 14.7 Å². The smallest absolute Gasteiger partial charge is 0.296 e. The highest BCUT2D eigenvalue weighted by molar-refractivity contribution is 9.10. The van der Waals surface area contributed by atoms with Crippen LogP contribution in [0.2, 0.25) is 0 Å². The van der Waals surface area contributed by atoms with Gasteiger partial charge in [-0.15, -0.1) is 0 Å². The van der Waals surface area contributed by atoms with Crippen molar-refractivity contribution in [2.75, 3.05) is 0 Å². The van der Waals surface area contributed by atoms with Crippen LogP contribution >= 0.6 is 15.9 Å². The first-order valence-electron chi connectivity index (χ1n) is 8.90. The number of aliphatic hydroxyl groups is 1. The number of aliphatic hydroxyl groups excluding tert-OH is 1. The number of halogens is 1. The van der Waals surface area contributed by atoms with Gasteiger partial charge in [-0.3, -0.25) is 19.6 Å². The van der Waals surface area contributed by atoms with E-state index < -0.39 is 17.7 Å². The molecule has 3 aromatic rings. The zero-order valence-corrected chi connectivity index (χ0v) is 16.8. The monoisotopic (exact) mass is 449 g/mol. The van der Waals surface area contributed by atoms with Gasteiger partial charge >= 0.3 is 0 Å². The van der Waals surface area contributed by atoms with Crippen molar-refractivity contribution in [3.8, 4) is 0 Å². The first-order chi connectivity index (χ1) is 14.1. The van der Waals surface area contributed by atoms with Gasteiger partial charge in [0.25, 0.3) is 11.7 Å². The van der Waals surface area contributed by atoms with E-state index in [0.717, 1.165) is 4.47 Å². The molecular weight excluding hydrogens is 434 g/mol. The summed E-state index contributed by atoms with van der Waals surface area (Å²) in [5, 5.41) is 10.9. The van der Waals surface area contributed by atoms with Gasteiger partial charge in [0.15, 0.2) is 0 Å². The molecule has 1 amide bonds. The second kappa shape index (κ2) is 7.97. The minimum atomic E-state index is -0.755. The number of carbonyl (C=O) groups is 2. The minimum Gasteiger partial charge on any atom is -0.507 e. The van der Waals surface area contributed by atoms with E-state index in [1.165, 1.54) is 4.90 Å². The number of rotatable bonds is 4. The van der Waals surface area contributed by atoms with Crippen molar-refractivity contribution in [2.45, 2.75) is 12.6 Å². The number of hydrogen-bond acceptors (Lipinski definition) is 5. The summed E-state index contributed by atoms with van der Waals surface area (Å²) in [4.78, 5) is 35.6. The van der Waals surface area contributed by atoms with Crippen LogP contribution in [0, 0.1) is 0 Å². The van der Waals surface area contributed by atoms with E-state index in [1.54, 1.807) is 67.1 Å². The van der Waals surface area contributed by atoms with Crippen LogP contribution in [0.1, 0.15) is 22.9 Å². The highest BCUT2D eigenvalue weighted by Gasteiger charge is 2.46. The average molecular weight is 450 g/mol. The molecule has 1 unspecified atom stereocenters. The van der Waals surface area contributed by atoms with Crippen LogP contribution in [-0.2, 0) is 16.1 Å². The summed E-state index contributed by atoms with van der Waals surface area (Å²) in [5.41, 5.74) is 1.78. The van der Waals surface area contributed by atoms with Crippen LogP contribution in [0.4, 0.5) is 0 Å². The fourth-order valence-corrected chi connectivity index (χ4v) is 3.62. The lowest BCUT2D eigenvalue weighted by molar-refractivity contribution is -0.140. The van der Waals surface area contributed by atoms with E-state index in [9.17, 15) is 14.7 Å². The fraction of sp³-hybridized carbons (Fsp3) is 0.0909. The SMILES string of the molecule is O=C1C(=O)N(Cc2ccccn2)C(c2cccnc2)/C1=C(\O)c1ccc(Br)cc1. The topological polar surface area (TPSA) is 83.4 Å². The predicted molar refractivity (Wildman–Crippen MR) is 110 cm³/mol. The van der Waals surface area contributed by atoms with Gasteiger partial charge in [0, 0.05) is 28.6 Å². The van der Waals surface area contributed by atoms with Crippen LogP contribution in [-0.4, -0.2) is 31.7 Å². The minimum absolute atomic E-state index is 0.0428. The Morgan fingerprint density at radius 2 is 1.83 bits per heavy atom. The Hall–Kier alpha value is -3.32. The van der Waals surface area contributed by atoms with Crippen molar-refractivity contribution in [1.29, 1.82) is 0 Å². The number of ketones is 1. The maximum absolute atomic E-state index is 12.9. The number of pyridine rings is 2. The summed E-state index contributed by atoms with van der Waals surface area (Å²) in [6.45, 7) is 0.141. The number of nitrogens with zero attached hydrogens (tertiary/aromatic N) is 3. The Labute approximate surface area is 175 Å². The molecule has 0 spiro atoms. The molecule has 1 saturated heterocycles. The van der Waals surface area contributed by atoms with Crippen molar-refractivity contribution in [3.63, 3.8) is 0 Å². The quantitative estimate of drug-likeness (QED) is 0.371. The van der Waals surface area contributed by atoms with Crippen LogP contribution < -0.4 is 0 Å². The van der Waals surface area contributed by atoms with Crippen molar-refractivity contribution in [1.82, 2.24) is 14.9 Å². The molecule has 6 nitrogen and oxygen atoms in total. The number of aromatic nitrogens is 2. The second-order valence-electron chi connectivity index (χ2n) is 6.54. The standard InChI is InChI=1S/C22H16BrN3O3/c23-16-8-6-14(7-9-16)20(27)18-19(15-4-3-10-24-12-15)26(22(29)21(18)28)13-17-5-1-2-11-25-17/h1-12,19,27H,13H2/b20-18+. The summed E-state index contributed by atoms with van der Waals surface area (Å²) in [7, 11) is 0. The molecule has 1 aliphatic heterocycles. The molecule has 7 heteroatoms. The van der Waals surface area contributed by atoms with Gasteiger partial charge < -0.3 is 10.0 Å². The average Bonchev–Trinajstić information content (AvgIpc) is 3.00. The number of hydrogen-bond donors (Lipinski definition) is 1. The predicted octanol–water partition coefficient (Wildman–Crippen LogP) is 3.86. The van der Waals surface area contributed by atoms with Gasteiger partial charge in [-0.1, -0.05) is 40.2 Å². The maximum atomic E-state index is 12.9. The first kappa shape index (κ1) is 19.0. The molecule has 1 N–H and O–H groups in total. The van der Waals surface area contributed by atoms with Gasteiger partial charge in [-0.25, -0.2) is 0 Å². The molecule has 144 valence electrons. The summed E-state index contributed by atoms with van der Waals surface area (Å²) >= 11 is 3.35. The summed E-state index contributed by atoms with van der Waals surface area (Å²) in [5.74, 6) is -1.62. The molecule has 0 aliphatic carbocycles. The first-order valence-corrected chi connectivity index (χ1v) is 9.70. The second-order valence-corrected chi connectivity index (χ2v) is 7.46. The van der Waals surface area contributed by atoms with Crippen LogP contribution in [0.25, 0.3) is 5.76 Å². The Morgan fingerprint density at radius 1 is 1.03 bits per heavy atom. The lowest BCUT2D eigenvalue weighted by atomic mass is 9.96. The van der Waals surface area contributed by atoms with E-state index in [0.29, 0.717) is 16.8 Å². The molecule has 1 aliphatic rings. The number of carbonyl (C=O) groups excluding carboxylic acids is 2. The van der Waals surface area contributed by atoms with Crippen molar-refractivity contribution >= 4 is 33.4 Å². The molecule has 0 bridgehead atoms. The third-order valence-corrected chi connectivity index (χ3v) is 5.24. The molecule has 2 aromatic heterocycles. The Bertz CT molecular complexity index is 1080. The van der Waals surface area contributed by atoms with Gasteiger partial charge in [-0.2, -0.15) is 0 Å². The normalized spacial score (nSPS) is 18.2. The van der Waals surface area contributed by atoms with E-state index in [4.69, 9.17) is 0 Å². The molecule has 4 rings (SSSR count). The van der Waals surface area contributed by atoms with Crippen LogP contribution in [0.3, 0.4) is 0 Å². The Morgan fingerprint density at radius 3 is 2.48 bits per heavy atom. The van der Waals surface area contributed by atoms with Gasteiger partial charge in [0.05, 0.1) is 23.9 Å². The molecular formula is C22H16BrN3O3. The lowest BCUT2D eigenvalue weighted by Crippen LogP contribution is -2.29. The molecule has 29 heavy (non-hydrogen) atoms. The van der Waals surface area contributed by atoms with Gasteiger partial charge in [0.2, 0.25) is 0 Å². The highest BCUT2D eigenvalue weighted by atomic mass is 79.9. The molecule has 0 radical (unpaired) electrons. The van der Waals surface area contributed by atoms with E-state index >= 15 is 0 Å². The number of benzene rings is 1. The summed E-state index contributed by atoms with van der Waals surface area (Å²) in [6.07, 6.45) is 4.84. The van der Waals surface area contributed by atoms with Crippen LogP contribution in [0.15, 0.2) is 83.2 Å². The summed E-state index contributed by atoms with van der Waals surface area (Å²) < 4.78 is 0.841. The van der Waals surface area contributed by atoms with E-state index in [2.05, 4.69) is 25.9 Å². The Balaban J connectivity index is 1.85. The van der Waals surface area contributed by atoms with Gasteiger partial charge in [0.1, 0.15) is 5.76 Å². The number of likely N-dealkylation sites (tertiary alicyclic amines) is 1. The molecule has 1 fully saturated rings. The van der Waals surface area contributed by atoms with Crippen molar-refractivity contribution in [3.05, 3.63) is 100 Å². The maximum Gasteiger partial charge on any atom is 0.296 e. The molecule has 0 saturated carbocycles. The summed E-state index contributed by atoms with van der Waals surface area (Å²) in [6, 6.07) is 15.0. The van der Waals surface area contributed by atoms with Crippen molar-refractivity contribution in [2.24, 2.45) is 0 Å². The zero-order chi connectivity index (χ0) is 20.4. The lowest BCUT2D eigenvalue weighted by Gasteiger charge is -2.24. The molecule has 1 atom stereocenters.